The van der Waals surface area contributed by atoms with Gasteiger partial charge in [-0.25, -0.2) is 4.79 Å². The van der Waals surface area contributed by atoms with E-state index in [4.69, 9.17) is 4.55 Å². The number of amides is 1. The molecule has 8 nitrogen and oxygen atoms in total. The second kappa shape index (κ2) is 10.4. The number of nitrogens with one attached hydrogen (secondary N) is 1. The molecular formula is C14H15F10NO7S. The van der Waals surface area contributed by atoms with Crippen molar-refractivity contribution in [2.24, 2.45) is 0 Å². The number of hydrogen-bond donors (Lipinski definition) is 2. The maximum atomic E-state index is 13.5. The Bertz CT molecular complexity index is 825. The molecule has 0 aliphatic carbocycles. The molecule has 1 atom stereocenters. The van der Waals surface area contributed by atoms with E-state index in [-0.39, 0.29) is 6.08 Å². The van der Waals surface area contributed by atoms with Gasteiger partial charge in [-0.1, -0.05) is 6.58 Å². The minimum absolute atomic E-state index is 0.0770. The van der Waals surface area contributed by atoms with E-state index in [1.54, 1.807) is 0 Å². The van der Waals surface area contributed by atoms with Gasteiger partial charge in [-0.05, 0) is 6.42 Å². The van der Waals surface area contributed by atoms with Crippen molar-refractivity contribution in [2.45, 2.75) is 48.6 Å². The Morgan fingerprint density at radius 3 is 1.88 bits per heavy atom. The van der Waals surface area contributed by atoms with Crippen LogP contribution in [0.1, 0.15) is 19.3 Å². The van der Waals surface area contributed by atoms with Crippen molar-refractivity contribution in [2.75, 3.05) is 13.2 Å². The molecule has 0 aromatic heterocycles. The third-order valence-corrected chi connectivity index (χ3v) is 4.41. The lowest BCUT2D eigenvalue weighted by molar-refractivity contribution is -0.347. The Morgan fingerprint density at radius 1 is 0.970 bits per heavy atom. The van der Waals surface area contributed by atoms with Crippen molar-refractivity contribution in [3.8, 4) is 0 Å². The average molecular weight is 531 g/mol. The Kier molecular flexibility index (Phi) is 9.73. The first kappa shape index (κ1) is 30.9. The Balaban J connectivity index is 5.69. The number of hydrogen-bond acceptors (Lipinski definition) is 6. The second-order valence-electron chi connectivity index (χ2n) is 6.01. The first-order chi connectivity index (χ1) is 14.5. The molecule has 0 rings (SSSR count). The quantitative estimate of drug-likeness (QED) is 0.0993. The summed E-state index contributed by atoms with van der Waals surface area (Å²) in [6.07, 6.45) is -16.5. The number of ether oxygens (including phenoxy) is 2. The molecule has 0 aromatic carbocycles. The van der Waals surface area contributed by atoms with Crippen LogP contribution in [-0.2, 0) is 29.2 Å². The van der Waals surface area contributed by atoms with Crippen molar-refractivity contribution in [3.63, 3.8) is 0 Å². The standard InChI is InChI=1S/C14H15F10NO7S/c1-2-8(26)32-12(13(20,21)22,9(27)25-6-5-11(17,18)19)31-7-3-4-10(15,16)14(23,24)33(28,29)30/h2H,1,3-7H2,(H,25,27)(H,28,29,30). The highest BCUT2D eigenvalue weighted by atomic mass is 32.2. The Morgan fingerprint density at radius 2 is 1.48 bits per heavy atom. The van der Waals surface area contributed by atoms with Gasteiger partial charge < -0.3 is 14.8 Å². The summed E-state index contributed by atoms with van der Waals surface area (Å²) in [6.45, 7) is -0.474. The smallest absolute Gasteiger partial charge is 0.412 e. The zero-order valence-electron chi connectivity index (χ0n) is 15.9. The summed E-state index contributed by atoms with van der Waals surface area (Å²) < 4.78 is 167. The first-order valence-electron chi connectivity index (χ1n) is 8.18. The molecule has 0 radical (unpaired) electrons. The van der Waals surface area contributed by atoms with Gasteiger partial charge in [-0.15, -0.1) is 0 Å². The molecular weight excluding hydrogens is 516 g/mol. The molecule has 2 N–H and O–H groups in total. The van der Waals surface area contributed by atoms with E-state index in [1.165, 1.54) is 0 Å². The molecule has 1 unspecified atom stereocenters. The summed E-state index contributed by atoms with van der Waals surface area (Å²) in [5, 5.41) is -4.93. The molecule has 19 heteroatoms. The topological polar surface area (TPSA) is 119 Å². The zero-order valence-corrected chi connectivity index (χ0v) is 16.7. The number of alkyl halides is 10. The van der Waals surface area contributed by atoms with E-state index in [0.717, 1.165) is 5.32 Å². The molecule has 0 aliphatic heterocycles. The van der Waals surface area contributed by atoms with E-state index in [1.807, 2.05) is 0 Å². The lowest BCUT2D eigenvalue weighted by atomic mass is 10.2. The number of halogens is 10. The molecule has 0 spiro atoms. The van der Waals surface area contributed by atoms with Crippen LogP contribution in [-0.4, -0.2) is 67.3 Å². The molecule has 0 fully saturated rings. The predicted molar refractivity (Wildman–Crippen MR) is 85.4 cm³/mol. The van der Waals surface area contributed by atoms with Gasteiger partial charge in [0.1, 0.15) is 0 Å². The van der Waals surface area contributed by atoms with Gasteiger partial charge in [0, 0.05) is 19.0 Å². The zero-order chi connectivity index (χ0) is 26.5. The fourth-order valence-electron chi connectivity index (χ4n) is 1.87. The highest BCUT2D eigenvalue weighted by molar-refractivity contribution is 7.87. The van der Waals surface area contributed by atoms with Crippen LogP contribution in [0.25, 0.3) is 0 Å². The predicted octanol–water partition coefficient (Wildman–Crippen LogP) is 2.96. The van der Waals surface area contributed by atoms with Crippen LogP contribution in [0, 0.1) is 0 Å². The molecule has 0 bridgehead atoms. The van der Waals surface area contributed by atoms with Crippen LogP contribution in [0.5, 0.6) is 0 Å². The maximum Gasteiger partial charge on any atom is 0.466 e. The fraction of sp³-hybridized carbons (Fsp3) is 0.714. The van der Waals surface area contributed by atoms with Gasteiger partial charge in [0.25, 0.3) is 0 Å². The first-order valence-corrected chi connectivity index (χ1v) is 9.62. The fourth-order valence-corrected chi connectivity index (χ4v) is 2.35. The number of carbonyl (C=O) groups is 2. The Hall–Kier alpha value is -2.15. The molecule has 33 heavy (non-hydrogen) atoms. The summed E-state index contributed by atoms with van der Waals surface area (Å²) in [4.78, 5) is 23.2. The van der Waals surface area contributed by atoms with Crippen LogP contribution in [0.3, 0.4) is 0 Å². The lowest BCUT2D eigenvalue weighted by Crippen LogP contribution is -2.61. The van der Waals surface area contributed by atoms with Gasteiger partial charge in [-0.2, -0.15) is 52.3 Å². The molecule has 0 aliphatic rings. The summed E-state index contributed by atoms with van der Waals surface area (Å²) in [6, 6.07) is 0. The summed E-state index contributed by atoms with van der Waals surface area (Å²) in [5.41, 5.74) is 0. The van der Waals surface area contributed by atoms with Gasteiger partial charge >= 0.3 is 51.3 Å². The minimum Gasteiger partial charge on any atom is -0.412 e. The highest BCUT2D eigenvalue weighted by Gasteiger charge is 2.67. The van der Waals surface area contributed by atoms with E-state index < -0.39 is 83.7 Å². The summed E-state index contributed by atoms with van der Waals surface area (Å²) >= 11 is 0. The number of carbonyl (C=O) groups excluding carboxylic acids is 2. The van der Waals surface area contributed by atoms with Gasteiger partial charge in [0.15, 0.2) is 0 Å². The van der Waals surface area contributed by atoms with Crippen molar-refractivity contribution in [3.05, 3.63) is 12.7 Å². The third-order valence-electron chi connectivity index (χ3n) is 3.47. The van der Waals surface area contributed by atoms with E-state index in [9.17, 15) is 61.9 Å². The number of rotatable bonds is 12. The molecule has 194 valence electrons. The minimum atomic E-state index is -6.64. The van der Waals surface area contributed by atoms with E-state index >= 15 is 0 Å². The molecule has 0 aromatic rings. The third kappa shape index (κ3) is 7.98. The largest absolute Gasteiger partial charge is 0.466 e. The van der Waals surface area contributed by atoms with E-state index in [2.05, 4.69) is 16.1 Å². The van der Waals surface area contributed by atoms with Crippen LogP contribution < -0.4 is 5.32 Å². The average Bonchev–Trinajstić information content (AvgIpc) is 2.60. The highest BCUT2D eigenvalue weighted by Crippen LogP contribution is 2.42. The van der Waals surface area contributed by atoms with Crippen molar-refractivity contribution >= 4 is 22.0 Å². The molecule has 0 saturated heterocycles. The van der Waals surface area contributed by atoms with Crippen LogP contribution in [0.2, 0.25) is 0 Å². The summed E-state index contributed by atoms with van der Waals surface area (Å²) in [7, 11) is -6.64. The van der Waals surface area contributed by atoms with Gasteiger partial charge in [0.2, 0.25) is 0 Å². The van der Waals surface area contributed by atoms with E-state index in [0.29, 0.717) is 0 Å². The maximum absolute atomic E-state index is 13.5. The van der Waals surface area contributed by atoms with Gasteiger partial charge in [0.05, 0.1) is 13.0 Å². The number of esters is 1. The molecule has 0 saturated carbocycles. The van der Waals surface area contributed by atoms with Crippen molar-refractivity contribution in [1.29, 1.82) is 0 Å². The van der Waals surface area contributed by atoms with Crippen LogP contribution in [0.4, 0.5) is 43.9 Å². The normalized spacial score (nSPS) is 15.5. The molecule has 0 heterocycles. The lowest BCUT2D eigenvalue weighted by Gasteiger charge is -2.33. The van der Waals surface area contributed by atoms with Gasteiger partial charge in [-0.3, -0.25) is 9.35 Å². The van der Waals surface area contributed by atoms with Crippen molar-refractivity contribution in [1.82, 2.24) is 5.32 Å². The van der Waals surface area contributed by atoms with Crippen LogP contribution >= 0.6 is 0 Å². The van der Waals surface area contributed by atoms with Crippen molar-refractivity contribution < 1.29 is 75.9 Å². The Labute approximate surface area is 178 Å². The second-order valence-corrected chi connectivity index (χ2v) is 7.47. The molecule has 1 amide bonds. The SMILES string of the molecule is C=CC(=O)OC(OCCCC(F)(F)C(F)(F)S(=O)(=O)O)(C(=O)NCCC(F)(F)F)C(F)(F)F. The monoisotopic (exact) mass is 531 g/mol. The summed E-state index contributed by atoms with van der Waals surface area (Å²) in [5.74, 6) is -14.8. The van der Waals surface area contributed by atoms with Crippen LogP contribution in [0.15, 0.2) is 12.7 Å².